The molecule has 0 aliphatic heterocycles. The Hall–Kier alpha value is -1.79. The van der Waals surface area contributed by atoms with E-state index in [9.17, 15) is 0 Å². The van der Waals surface area contributed by atoms with Crippen molar-refractivity contribution in [2.75, 3.05) is 19.8 Å². The summed E-state index contributed by atoms with van der Waals surface area (Å²) in [6.45, 7) is 3.62. The van der Waals surface area contributed by atoms with Gasteiger partial charge in [-0.1, -0.05) is 5.16 Å². The number of rotatable bonds is 9. The van der Waals surface area contributed by atoms with Crippen LogP contribution in [0.5, 0.6) is 5.75 Å². The summed E-state index contributed by atoms with van der Waals surface area (Å²) >= 11 is 0. The van der Waals surface area contributed by atoms with E-state index in [1.165, 1.54) is 0 Å². The van der Waals surface area contributed by atoms with E-state index in [1.54, 1.807) is 24.3 Å². The van der Waals surface area contributed by atoms with Crippen LogP contribution in [-0.4, -0.2) is 41.9 Å². The van der Waals surface area contributed by atoms with Gasteiger partial charge in [-0.25, -0.2) is 0 Å². The Balaban J connectivity index is 2.25. The van der Waals surface area contributed by atoms with Crippen molar-refractivity contribution in [1.82, 2.24) is 5.32 Å². The normalized spacial score (nSPS) is 13.2. The molecule has 0 heterocycles. The van der Waals surface area contributed by atoms with Crippen molar-refractivity contribution in [2.45, 2.75) is 25.8 Å². The Morgan fingerprint density at radius 3 is 2.70 bits per heavy atom. The van der Waals surface area contributed by atoms with Gasteiger partial charge in [0.1, 0.15) is 12.4 Å². The van der Waals surface area contributed by atoms with E-state index in [0.29, 0.717) is 18.2 Å². The molecule has 20 heavy (non-hydrogen) atoms. The van der Waals surface area contributed by atoms with Crippen LogP contribution in [0.4, 0.5) is 0 Å². The maximum atomic E-state index is 8.73. The molecule has 0 saturated carbocycles. The Kier molecular flexibility index (Phi) is 7.46. The topological polar surface area (TPSA) is 100 Å². The predicted molar refractivity (Wildman–Crippen MR) is 78.2 cm³/mol. The number of ether oxygens (including phenoxy) is 1. The van der Waals surface area contributed by atoms with E-state index in [0.717, 1.165) is 25.1 Å². The molecule has 1 unspecified atom stereocenters. The molecule has 1 atom stereocenters. The van der Waals surface area contributed by atoms with Crippen LogP contribution in [0.2, 0.25) is 0 Å². The molecule has 1 aromatic carbocycles. The Morgan fingerprint density at radius 1 is 1.40 bits per heavy atom. The minimum atomic E-state index is 0.0796. The zero-order chi connectivity index (χ0) is 14.8. The smallest absolute Gasteiger partial charge is 0.170 e. The number of amidine groups is 1. The molecule has 0 fully saturated rings. The molecule has 0 amide bonds. The average Bonchev–Trinajstić information content (AvgIpc) is 2.49. The van der Waals surface area contributed by atoms with Crippen molar-refractivity contribution in [3.63, 3.8) is 0 Å². The summed E-state index contributed by atoms with van der Waals surface area (Å²) in [5, 5.41) is 23.5. The van der Waals surface area contributed by atoms with Gasteiger partial charge in [0.2, 0.25) is 0 Å². The minimum Gasteiger partial charge on any atom is -0.492 e. The minimum absolute atomic E-state index is 0.0796. The second-order valence-corrected chi connectivity index (χ2v) is 4.58. The molecule has 1 aromatic rings. The fraction of sp³-hybridized carbons (Fsp3) is 0.500. The van der Waals surface area contributed by atoms with Gasteiger partial charge in [-0.2, -0.15) is 0 Å². The van der Waals surface area contributed by atoms with Crippen molar-refractivity contribution < 1.29 is 15.1 Å². The maximum Gasteiger partial charge on any atom is 0.170 e. The van der Waals surface area contributed by atoms with Gasteiger partial charge in [0.05, 0.1) is 0 Å². The second-order valence-electron chi connectivity index (χ2n) is 4.58. The molecular formula is C14H23N3O3. The lowest BCUT2D eigenvalue weighted by atomic mass is 10.2. The number of aliphatic hydroxyl groups excluding tert-OH is 1. The van der Waals surface area contributed by atoms with Crippen molar-refractivity contribution in [1.29, 1.82) is 0 Å². The van der Waals surface area contributed by atoms with Gasteiger partial charge in [-0.05, 0) is 44.0 Å². The molecule has 0 aromatic heterocycles. The standard InChI is InChI=1S/C14H23N3O3/c1-11(3-2-9-18)16-8-10-20-13-6-4-12(5-7-13)14(15)17-19/h4-7,11,16,18-19H,2-3,8-10H2,1H3,(H2,15,17). The maximum absolute atomic E-state index is 8.73. The lowest BCUT2D eigenvalue weighted by molar-refractivity contribution is 0.270. The average molecular weight is 281 g/mol. The summed E-state index contributed by atoms with van der Waals surface area (Å²) in [5.41, 5.74) is 6.12. The Bertz CT molecular complexity index is 407. The summed E-state index contributed by atoms with van der Waals surface area (Å²) in [4.78, 5) is 0. The van der Waals surface area contributed by atoms with Gasteiger partial charge in [0, 0.05) is 24.8 Å². The Morgan fingerprint density at radius 2 is 2.10 bits per heavy atom. The van der Waals surface area contributed by atoms with Gasteiger partial charge < -0.3 is 26.1 Å². The molecule has 0 saturated heterocycles. The van der Waals surface area contributed by atoms with Gasteiger partial charge in [0.25, 0.3) is 0 Å². The van der Waals surface area contributed by atoms with Crippen molar-refractivity contribution in [3.8, 4) is 5.75 Å². The van der Waals surface area contributed by atoms with Crippen LogP contribution in [0.1, 0.15) is 25.3 Å². The van der Waals surface area contributed by atoms with Gasteiger partial charge >= 0.3 is 0 Å². The molecule has 0 aliphatic rings. The molecule has 6 nitrogen and oxygen atoms in total. The highest BCUT2D eigenvalue weighted by Crippen LogP contribution is 2.11. The van der Waals surface area contributed by atoms with Crippen LogP contribution >= 0.6 is 0 Å². The number of benzene rings is 1. The number of nitrogens with one attached hydrogen (secondary N) is 1. The van der Waals surface area contributed by atoms with Crippen molar-refractivity contribution in [2.24, 2.45) is 10.9 Å². The highest BCUT2D eigenvalue weighted by Gasteiger charge is 2.01. The third-order valence-corrected chi connectivity index (χ3v) is 2.92. The van der Waals surface area contributed by atoms with E-state index < -0.39 is 0 Å². The molecule has 6 heteroatoms. The van der Waals surface area contributed by atoms with Crippen LogP contribution in [0.15, 0.2) is 29.4 Å². The zero-order valence-corrected chi connectivity index (χ0v) is 11.7. The quantitative estimate of drug-likeness (QED) is 0.177. The number of nitrogens with zero attached hydrogens (tertiary/aromatic N) is 1. The molecule has 0 aliphatic carbocycles. The van der Waals surface area contributed by atoms with E-state index in [1.807, 2.05) is 0 Å². The molecule has 112 valence electrons. The number of oxime groups is 1. The lowest BCUT2D eigenvalue weighted by Gasteiger charge is -2.13. The molecular weight excluding hydrogens is 258 g/mol. The molecule has 5 N–H and O–H groups in total. The fourth-order valence-electron chi connectivity index (χ4n) is 1.75. The monoisotopic (exact) mass is 281 g/mol. The first-order valence-corrected chi connectivity index (χ1v) is 6.72. The molecule has 0 radical (unpaired) electrons. The van der Waals surface area contributed by atoms with Crippen LogP contribution in [0.3, 0.4) is 0 Å². The third-order valence-electron chi connectivity index (χ3n) is 2.92. The Labute approximate surface area is 119 Å². The number of hydrogen-bond donors (Lipinski definition) is 4. The predicted octanol–water partition coefficient (Wildman–Crippen LogP) is 0.910. The highest BCUT2D eigenvalue weighted by atomic mass is 16.5. The zero-order valence-electron chi connectivity index (χ0n) is 11.7. The number of hydrogen-bond acceptors (Lipinski definition) is 5. The molecule has 0 bridgehead atoms. The first-order valence-electron chi connectivity index (χ1n) is 6.72. The van der Waals surface area contributed by atoms with E-state index in [2.05, 4.69) is 17.4 Å². The van der Waals surface area contributed by atoms with Gasteiger partial charge in [-0.15, -0.1) is 0 Å². The lowest BCUT2D eigenvalue weighted by Crippen LogP contribution is -2.30. The number of nitrogens with two attached hydrogens (primary N) is 1. The van der Waals surface area contributed by atoms with E-state index >= 15 is 0 Å². The van der Waals surface area contributed by atoms with Crippen LogP contribution in [-0.2, 0) is 0 Å². The summed E-state index contributed by atoms with van der Waals surface area (Å²) in [5.74, 6) is 0.820. The van der Waals surface area contributed by atoms with E-state index in [-0.39, 0.29) is 12.4 Å². The largest absolute Gasteiger partial charge is 0.492 e. The van der Waals surface area contributed by atoms with Crippen LogP contribution in [0, 0.1) is 0 Å². The second kappa shape index (κ2) is 9.17. The van der Waals surface area contributed by atoms with E-state index in [4.69, 9.17) is 20.8 Å². The van der Waals surface area contributed by atoms with Gasteiger partial charge in [0.15, 0.2) is 5.84 Å². The first-order chi connectivity index (χ1) is 9.67. The van der Waals surface area contributed by atoms with Crippen LogP contribution in [0.25, 0.3) is 0 Å². The fourth-order valence-corrected chi connectivity index (χ4v) is 1.75. The van der Waals surface area contributed by atoms with Crippen molar-refractivity contribution in [3.05, 3.63) is 29.8 Å². The molecule has 1 rings (SSSR count). The van der Waals surface area contributed by atoms with Crippen molar-refractivity contribution >= 4 is 5.84 Å². The summed E-state index contributed by atoms with van der Waals surface area (Å²) in [6.07, 6.45) is 1.76. The first kappa shape index (κ1) is 16.3. The summed E-state index contributed by atoms with van der Waals surface area (Å²) < 4.78 is 5.57. The van der Waals surface area contributed by atoms with Gasteiger partial charge in [-0.3, -0.25) is 0 Å². The highest BCUT2D eigenvalue weighted by molar-refractivity contribution is 5.97. The summed E-state index contributed by atoms with van der Waals surface area (Å²) in [6, 6.07) is 7.41. The third kappa shape index (κ3) is 5.90. The SMILES string of the molecule is CC(CCCO)NCCOc1ccc(/C(N)=N/O)cc1. The number of aliphatic hydroxyl groups is 1. The molecule has 0 spiro atoms. The van der Waals surface area contributed by atoms with Crippen LogP contribution < -0.4 is 15.8 Å². The summed E-state index contributed by atoms with van der Waals surface area (Å²) in [7, 11) is 0.